The molecule has 1 aliphatic heterocycles. The molecular weight excluding hydrogens is 246 g/mol. The number of aromatic nitrogens is 1. The zero-order valence-corrected chi connectivity index (χ0v) is 13.5. The predicted molar refractivity (Wildman–Crippen MR) is 85.5 cm³/mol. The van der Waals surface area contributed by atoms with E-state index >= 15 is 0 Å². The summed E-state index contributed by atoms with van der Waals surface area (Å²) in [5, 5.41) is 11.9. The van der Waals surface area contributed by atoms with Crippen LogP contribution in [0.5, 0.6) is 0 Å². The minimum Gasteiger partial charge on any atom is -0.350 e. The first kappa shape index (κ1) is 16.5. The number of aryl methyl sites for hydroxylation is 1. The Hall–Kier alpha value is -1.53. The topological polar surface area (TPSA) is 32.0 Å². The Kier molecular flexibility index (Phi) is 6.54. The van der Waals surface area contributed by atoms with Crippen LogP contribution in [-0.4, -0.2) is 22.6 Å². The van der Waals surface area contributed by atoms with Gasteiger partial charge in [-0.1, -0.05) is 26.0 Å². The van der Waals surface area contributed by atoms with Crippen LogP contribution in [0.3, 0.4) is 0 Å². The van der Waals surface area contributed by atoms with E-state index < -0.39 is 0 Å². The molecule has 1 saturated heterocycles. The Labute approximate surface area is 122 Å². The third-order valence-corrected chi connectivity index (χ3v) is 3.78. The van der Waals surface area contributed by atoms with Crippen molar-refractivity contribution in [2.75, 3.05) is 13.1 Å². The van der Waals surface area contributed by atoms with Crippen LogP contribution in [0.2, 0.25) is 0 Å². The van der Waals surface area contributed by atoms with Gasteiger partial charge < -0.3 is 4.57 Å². The molecule has 2 rings (SSSR count). The first-order valence-corrected chi connectivity index (χ1v) is 7.64. The van der Waals surface area contributed by atoms with Crippen molar-refractivity contribution in [3.8, 4) is 6.07 Å². The van der Waals surface area contributed by atoms with Crippen LogP contribution in [-0.2, 0) is 7.05 Å². The normalized spacial score (nSPS) is 18.6. The summed E-state index contributed by atoms with van der Waals surface area (Å²) in [6, 6.07) is 2.38. The zero-order valence-electron chi connectivity index (χ0n) is 13.5. The first-order chi connectivity index (χ1) is 9.72. The highest BCUT2D eigenvalue weighted by Gasteiger charge is 2.24. The highest BCUT2D eigenvalue weighted by atomic mass is 15.2. The van der Waals surface area contributed by atoms with Gasteiger partial charge in [0.05, 0.1) is 6.07 Å². The van der Waals surface area contributed by atoms with Crippen LogP contribution < -0.4 is 10.6 Å². The summed E-state index contributed by atoms with van der Waals surface area (Å²) in [5.74, 6) is 0. The molecule has 0 N–H and O–H groups in total. The number of nitriles is 1. The highest BCUT2D eigenvalue weighted by molar-refractivity contribution is 5.36. The summed E-state index contributed by atoms with van der Waals surface area (Å²) in [7, 11) is 2.05. The second-order valence-electron chi connectivity index (χ2n) is 4.85. The summed E-state index contributed by atoms with van der Waals surface area (Å²) in [6.45, 7) is 10.2. The van der Waals surface area contributed by atoms with Crippen LogP contribution in [0.1, 0.15) is 52.1 Å². The number of hydrogen-bond acceptors (Lipinski definition) is 2. The molecular formula is C17H27N3. The van der Waals surface area contributed by atoms with Crippen LogP contribution in [0.25, 0.3) is 12.2 Å². The molecule has 1 aromatic rings. The Bertz CT molecular complexity index is 569. The van der Waals surface area contributed by atoms with Gasteiger partial charge in [-0.15, -0.1) is 0 Å². The predicted octanol–water partition coefficient (Wildman–Crippen LogP) is 2.31. The fraction of sp³-hybridized carbons (Fsp3) is 0.588. The van der Waals surface area contributed by atoms with Gasteiger partial charge in [0.25, 0.3) is 0 Å². The highest BCUT2D eigenvalue weighted by Crippen LogP contribution is 2.21. The Morgan fingerprint density at radius 2 is 1.80 bits per heavy atom. The molecule has 0 saturated carbocycles. The molecule has 2 heterocycles. The lowest BCUT2D eigenvalue weighted by Gasteiger charge is -2.20. The van der Waals surface area contributed by atoms with Crippen molar-refractivity contribution in [1.29, 1.82) is 5.26 Å². The molecule has 3 heteroatoms. The first-order valence-electron chi connectivity index (χ1n) is 7.64. The van der Waals surface area contributed by atoms with E-state index in [9.17, 15) is 5.26 Å². The van der Waals surface area contributed by atoms with Gasteiger partial charge in [0.15, 0.2) is 0 Å². The largest absolute Gasteiger partial charge is 0.350 e. The van der Waals surface area contributed by atoms with Crippen molar-refractivity contribution < 1.29 is 0 Å². The van der Waals surface area contributed by atoms with Crippen LogP contribution in [0.15, 0.2) is 6.20 Å². The van der Waals surface area contributed by atoms with Gasteiger partial charge >= 0.3 is 0 Å². The van der Waals surface area contributed by atoms with Crippen molar-refractivity contribution >= 4 is 12.2 Å². The molecule has 0 bridgehead atoms. The van der Waals surface area contributed by atoms with E-state index in [4.69, 9.17) is 0 Å². The Morgan fingerprint density at radius 3 is 2.25 bits per heavy atom. The zero-order chi connectivity index (χ0) is 15.1. The minimum absolute atomic E-state index is 0.0985. The smallest absolute Gasteiger partial charge is 0.125 e. The molecule has 1 unspecified atom stereocenters. The lowest BCUT2D eigenvalue weighted by Crippen LogP contribution is -2.33. The van der Waals surface area contributed by atoms with Crippen LogP contribution in [0.4, 0.5) is 0 Å². The summed E-state index contributed by atoms with van der Waals surface area (Å²) >= 11 is 0. The molecule has 110 valence electrons. The van der Waals surface area contributed by atoms with Gasteiger partial charge in [-0.2, -0.15) is 5.26 Å². The van der Waals surface area contributed by atoms with Crippen molar-refractivity contribution in [3.63, 3.8) is 0 Å². The van der Waals surface area contributed by atoms with Crippen molar-refractivity contribution in [3.05, 3.63) is 22.3 Å². The summed E-state index contributed by atoms with van der Waals surface area (Å²) in [6.07, 6.45) is 8.76. The Balaban J connectivity index is 0.000000956. The second kappa shape index (κ2) is 7.91. The van der Waals surface area contributed by atoms with E-state index in [2.05, 4.69) is 33.9 Å². The fourth-order valence-electron chi connectivity index (χ4n) is 2.92. The maximum atomic E-state index is 9.51. The van der Waals surface area contributed by atoms with Gasteiger partial charge in [0, 0.05) is 29.4 Å². The summed E-state index contributed by atoms with van der Waals surface area (Å²) in [4.78, 5) is 2.29. The van der Waals surface area contributed by atoms with Gasteiger partial charge in [-0.3, -0.25) is 4.90 Å². The van der Waals surface area contributed by atoms with E-state index in [1.54, 1.807) is 0 Å². The molecule has 0 aliphatic carbocycles. The molecule has 0 spiro atoms. The van der Waals surface area contributed by atoms with Crippen LogP contribution in [0, 0.1) is 11.3 Å². The molecule has 20 heavy (non-hydrogen) atoms. The second-order valence-corrected chi connectivity index (χ2v) is 4.85. The molecule has 3 nitrogen and oxygen atoms in total. The number of likely N-dealkylation sites (tertiary alicyclic amines) is 1. The lowest BCUT2D eigenvalue weighted by atomic mass is 10.1. The standard InChI is InChI=1S/C15H21N3.C2H6/c1-4-12-13(11-17(3)14(12)5-2)15(10-16)18-8-6-7-9-18;1-2/h4-5,11,15H,6-9H2,1-3H3;1-2H3/b12-4-,14-5+;. The van der Waals surface area contributed by atoms with Gasteiger partial charge in [0.2, 0.25) is 0 Å². The molecule has 0 amide bonds. The Morgan fingerprint density at radius 1 is 1.20 bits per heavy atom. The molecule has 1 aliphatic rings. The summed E-state index contributed by atoms with van der Waals surface area (Å²) in [5.41, 5.74) is 1.15. The maximum Gasteiger partial charge on any atom is 0.125 e. The van der Waals surface area contributed by atoms with Crippen molar-refractivity contribution in [2.45, 2.75) is 46.6 Å². The molecule has 1 atom stereocenters. The SMILES string of the molecule is C/C=c1/c(C(C#N)N2CCCC2)cn(C)/c1=C/C.CC. The third-order valence-electron chi connectivity index (χ3n) is 3.78. The van der Waals surface area contributed by atoms with Gasteiger partial charge in [-0.25, -0.2) is 0 Å². The molecule has 1 fully saturated rings. The third kappa shape index (κ3) is 3.13. The van der Waals surface area contributed by atoms with Gasteiger partial charge in [-0.05, 0) is 39.8 Å². The lowest BCUT2D eigenvalue weighted by molar-refractivity contribution is 0.293. The van der Waals surface area contributed by atoms with E-state index in [-0.39, 0.29) is 6.04 Å². The van der Waals surface area contributed by atoms with E-state index in [1.807, 2.05) is 34.7 Å². The average molecular weight is 273 g/mol. The maximum absolute atomic E-state index is 9.51. The van der Waals surface area contributed by atoms with E-state index in [0.29, 0.717) is 0 Å². The molecule has 0 aromatic carbocycles. The average Bonchev–Trinajstić information content (AvgIpc) is 3.10. The van der Waals surface area contributed by atoms with Crippen molar-refractivity contribution in [2.24, 2.45) is 7.05 Å². The molecule has 0 radical (unpaired) electrons. The quantitative estimate of drug-likeness (QED) is 0.828. The monoisotopic (exact) mass is 273 g/mol. The van der Waals surface area contributed by atoms with E-state index in [1.165, 1.54) is 23.4 Å². The fourth-order valence-corrected chi connectivity index (χ4v) is 2.92. The number of rotatable bonds is 2. The number of hydrogen-bond donors (Lipinski definition) is 0. The van der Waals surface area contributed by atoms with Gasteiger partial charge in [0.1, 0.15) is 6.04 Å². The molecule has 1 aromatic heterocycles. The van der Waals surface area contributed by atoms with Crippen molar-refractivity contribution in [1.82, 2.24) is 9.47 Å². The number of nitrogens with zero attached hydrogens (tertiary/aromatic N) is 3. The summed E-state index contributed by atoms with van der Waals surface area (Å²) < 4.78 is 2.12. The van der Waals surface area contributed by atoms with E-state index in [0.717, 1.165) is 18.7 Å². The minimum atomic E-state index is -0.0985. The van der Waals surface area contributed by atoms with Crippen LogP contribution >= 0.6 is 0 Å².